The monoisotopic (exact) mass is 246 g/mol. The van der Waals surface area contributed by atoms with Crippen molar-refractivity contribution in [3.8, 4) is 0 Å². The highest BCUT2D eigenvalue weighted by molar-refractivity contribution is 5.70. The fourth-order valence-corrected chi connectivity index (χ4v) is 2.93. The van der Waals surface area contributed by atoms with Gasteiger partial charge in [0.2, 0.25) is 0 Å². The van der Waals surface area contributed by atoms with Crippen molar-refractivity contribution in [1.29, 1.82) is 0 Å². The number of hydrogen-bond acceptors (Lipinski definition) is 1. The number of carboxylic acid groups (broad SMARTS) is 1. The van der Waals surface area contributed by atoms with Crippen LogP contribution in [0.4, 0.5) is 0 Å². The van der Waals surface area contributed by atoms with E-state index in [9.17, 15) is 9.90 Å². The second kappa shape index (κ2) is 6.03. The minimum Gasteiger partial charge on any atom is -0.481 e. The van der Waals surface area contributed by atoms with Crippen LogP contribution in [-0.2, 0) is 11.2 Å². The van der Waals surface area contributed by atoms with Crippen LogP contribution in [0.25, 0.3) is 0 Å². The van der Waals surface area contributed by atoms with Crippen molar-refractivity contribution in [2.75, 3.05) is 0 Å². The molecule has 1 fully saturated rings. The second-order valence-electron chi connectivity index (χ2n) is 5.61. The van der Waals surface area contributed by atoms with Crippen molar-refractivity contribution >= 4 is 5.97 Å². The van der Waals surface area contributed by atoms with Crippen LogP contribution in [0.1, 0.15) is 43.2 Å². The smallest absolute Gasteiger partial charge is 0.306 e. The van der Waals surface area contributed by atoms with Crippen LogP contribution in [0.5, 0.6) is 0 Å². The molecule has 2 rings (SSSR count). The zero-order valence-corrected chi connectivity index (χ0v) is 11.1. The Morgan fingerprint density at radius 1 is 1.28 bits per heavy atom. The molecular formula is C16H22O2. The Bertz CT molecular complexity index is 388. The van der Waals surface area contributed by atoms with Crippen LogP contribution in [0.3, 0.4) is 0 Å². The molecule has 0 aliphatic heterocycles. The van der Waals surface area contributed by atoms with E-state index in [0.717, 1.165) is 12.0 Å². The number of hydrogen-bond donors (Lipinski definition) is 1. The predicted octanol–water partition coefficient (Wildman–Crippen LogP) is 3.82. The topological polar surface area (TPSA) is 37.3 Å². The molecule has 1 atom stereocenters. The number of carboxylic acids is 1. The van der Waals surface area contributed by atoms with E-state index >= 15 is 0 Å². The second-order valence-corrected chi connectivity index (χ2v) is 5.61. The van der Waals surface area contributed by atoms with Gasteiger partial charge in [-0.1, -0.05) is 55.5 Å². The summed E-state index contributed by atoms with van der Waals surface area (Å²) in [4.78, 5) is 11.4. The van der Waals surface area contributed by atoms with Gasteiger partial charge in [-0.3, -0.25) is 4.79 Å². The van der Waals surface area contributed by atoms with Crippen molar-refractivity contribution in [3.63, 3.8) is 0 Å². The minimum absolute atomic E-state index is 0.212. The Labute approximate surface area is 109 Å². The third-order valence-electron chi connectivity index (χ3n) is 4.04. The van der Waals surface area contributed by atoms with Gasteiger partial charge in [0.15, 0.2) is 0 Å². The molecule has 0 heterocycles. The van der Waals surface area contributed by atoms with E-state index in [-0.39, 0.29) is 5.92 Å². The Morgan fingerprint density at radius 2 is 1.89 bits per heavy atom. The maximum atomic E-state index is 11.4. The highest BCUT2D eigenvalue weighted by atomic mass is 16.4. The van der Waals surface area contributed by atoms with Crippen LogP contribution >= 0.6 is 0 Å². The number of benzene rings is 1. The minimum atomic E-state index is -0.637. The molecule has 0 aromatic heterocycles. The maximum Gasteiger partial charge on any atom is 0.306 e. The first-order valence-electron chi connectivity index (χ1n) is 6.93. The van der Waals surface area contributed by atoms with Crippen LogP contribution in [-0.4, -0.2) is 11.1 Å². The van der Waals surface area contributed by atoms with Gasteiger partial charge < -0.3 is 5.11 Å². The molecule has 1 N–H and O–H groups in total. The van der Waals surface area contributed by atoms with E-state index in [1.165, 1.54) is 31.2 Å². The van der Waals surface area contributed by atoms with Crippen molar-refractivity contribution in [2.24, 2.45) is 11.8 Å². The van der Waals surface area contributed by atoms with Crippen LogP contribution in [0.2, 0.25) is 0 Å². The van der Waals surface area contributed by atoms with E-state index in [1.54, 1.807) is 0 Å². The normalized spacial score (nSPS) is 17.8. The Kier molecular flexibility index (Phi) is 4.40. The van der Waals surface area contributed by atoms with Gasteiger partial charge in [-0.2, -0.15) is 0 Å². The molecule has 0 amide bonds. The van der Waals surface area contributed by atoms with E-state index in [1.807, 2.05) is 0 Å². The lowest BCUT2D eigenvalue weighted by Gasteiger charge is -2.16. The molecule has 1 saturated carbocycles. The van der Waals surface area contributed by atoms with Gasteiger partial charge in [-0.05, 0) is 31.2 Å². The van der Waals surface area contributed by atoms with Crippen molar-refractivity contribution in [2.45, 2.75) is 45.4 Å². The number of aliphatic carboxylic acids is 1. The molecule has 0 bridgehead atoms. The van der Waals surface area contributed by atoms with E-state index in [2.05, 4.69) is 31.2 Å². The summed E-state index contributed by atoms with van der Waals surface area (Å²) in [5, 5.41) is 9.35. The first-order valence-corrected chi connectivity index (χ1v) is 6.93. The van der Waals surface area contributed by atoms with Crippen LogP contribution < -0.4 is 0 Å². The lowest BCUT2D eigenvalue weighted by atomic mass is 9.88. The number of aryl methyl sites for hydroxylation is 1. The summed E-state index contributed by atoms with van der Waals surface area (Å²) in [5.74, 6) is -0.213. The van der Waals surface area contributed by atoms with Gasteiger partial charge >= 0.3 is 5.97 Å². The van der Waals surface area contributed by atoms with E-state index in [4.69, 9.17) is 0 Å². The molecule has 2 nitrogen and oxygen atoms in total. The highest BCUT2D eigenvalue weighted by Crippen LogP contribution is 2.31. The summed E-state index contributed by atoms with van der Waals surface area (Å²) in [6.45, 7) is 2.05. The maximum absolute atomic E-state index is 11.4. The Hall–Kier alpha value is -1.31. The Morgan fingerprint density at radius 3 is 2.44 bits per heavy atom. The summed E-state index contributed by atoms with van der Waals surface area (Å²) >= 11 is 0. The molecule has 1 aromatic rings. The van der Waals surface area contributed by atoms with Crippen molar-refractivity contribution in [3.05, 3.63) is 35.4 Å². The van der Waals surface area contributed by atoms with Crippen LogP contribution in [0.15, 0.2) is 24.3 Å². The fourth-order valence-electron chi connectivity index (χ4n) is 2.93. The van der Waals surface area contributed by atoms with E-state index < -0.39 is 5.97 Å². The summed E-state index contributed by atoms with van der Waals surface area (Å²) in [7, 11) is 0. The quantitative estimate of drug-likeness (QED) is 0.857. The van der Waals surface area contributed by atoms with Crippen molar-refractivity contribution in [1.82, 2.24) is 0 Å². The molecular weight excluding hydrogens is 224 g/mol. The third-order valence-corrected chi connectivity index (χ3v) is 4.04. The van der Waals surface area contributed by atoms with Gasteiger partial charge in [0.1, 0.15) is 0 Å². The molecule has 1 aliphatic rings. The van der Waals surface area contributed by atoms with E-state index in [0.29, 0.717) is 12.3 Å². The van der Waals surface area contributed by atoms with Crippen LogP contribution in [0, 0.1) is 18.8 Å². The summed E-state index contributed by atoms with van der Waals surface area (Å²) in [6, 6.07) is 8.23. The van der Waals surface area contributed by atoms with Gasteiger partial charge in [0.25, 0.3) is 0 Å². The predicted molar refractivity (Wildman–Crippen MR) is 72.6 cm³/mol. The molecule has 0 spiro atoms. The van der Waals surface area contributed by atoms with Gasteiger partial charge in [-0.15, -0.1) is 0 Å². The summed E-state index contributed by atoms with van der Waals surface area (Å²) in [6.07, 6.45) is 6.52. The first kappa shape index (κ1) is 13.1. The molecule has 18 heavy (non-hydrogen) atoms. The molecule has 0 radical (unpaired) electrons. The molecule has 2 heteroatoms. The Balaban J connectivity index is 1.97. The standard InChI is InChI=1S/C16H22O2/c1-12-6-8-14(9-7-12)11-15(16(17)18)10-13-4-2-3-5-13/h6-9,13,15H,2-5,10-11H2,1H3,(H,17,18). The molecule has 1 aromatic carbocycles. The van der Waals surface area contributed by atoms with Gasteiger partial charge in [-0.25, -0.2) is 0 Å². The first-order chi connectivity index (χ1) is 8.65. The lowest BCUT2D eigenvalue weighted by Crippen LogP contribution is -2.19. The van der Waals surface area contributed by atoms with Gasteiger partial charge in [0, 0.05) is 0 Å². The third kappa shape index (κ3) is 3.59. The zero-order valence-electron chi connectivity index (χ0n) is 11.1. The SMILES string of the molecule is Cc1ccc(CC(CC2CCCC2)C(=O)O)cc1. The molecule has 98 valence electrons. The van der Waals surface area contributed by atoms with Crippen molar-refractivity contribution < 1.29 is 9.90 Å². The lowest BCUT2D eigenvalue weighted by molar-refractivity contribution is -0.142. The zero-order chi connectivity index (χ0) is 13.0. The number of rotatable bonds is 5. The molecule has 1 aliphatic carbocycles. The average molecular weight is 246 g/mol. The average Bonchev–Trinajstić information content (AvgIpc) is 2.84. The molecule has 1 unspecified atom stereocenters. The summed E-state index contributed by atoms with van der Waals surface area (Å²) in [5.41, 5.74) is 2.37. The largest absolute Gasteiger partial charge is 0.481 e. The van der Waals surface area contributed by atoms with Gasteiger partial charge in [0.05, 0.1) is 5.92 Å². The molecule has 0 saturated heterocycles. The summed E-state index contributed by atoms with van der Waals surface area (Å²) < 4.78 is 0. The highest BCUT2D eigenvalue weighted by Gasteiger charge is 2.24. The number of carbonyl (C=O) groups is 1. The fraction of sp³-hybridized carbons (Fsp3) is 0.562.